The van der Waals surface area contributed by atoms with Crippen LogP contribution >= 0.6 is 0 Å². The fourth-order valence-electron chi connectivity index (χ4n) is 2.01. The van der Waals surface area contributed by atoms with Gasteiger partial charge in [0.25, 0.3) is 5.91 Å². The Labute approximate surface area is 136 Å². The van der Waals surface area contributed by atoms with E-state index >= 15 is 0 Å². The first-order valence-corrected chi connectivity index (χ1v) is 7.04. The van der Waals surface area contributed by atoms with E-state index in [-0.39, 0.29) is 12.2 Å². The lowest BCUT2D eigenvalue weighted by Crippen LogP contribution is -2.40. The molecule has 2 rings (SSSR count). The molecule has 1 aromatic carbocycles. The first kappa shape index (κ1) is 17.6. The Morgan fingerprint density at radius 3 is 2.38 bits per heavy atom. The number of carbonyl (C=O) groups is 2. The molecule has 0 spiro atoms. The second kappa shape index (κ2) is 7.67. The van der Waals surface area contributed by atoms with E-state index in [0.717, 1.165) is 0 Å². The average Bonchev–Trinajstić information content (AvgIpc) is 3.06. The summed E-state index contributed by atoms with van der Waals surface area (Å²) in [7, 11) is 0. The third-order valence-corrected chi connectivity index (χ3v) is 3.08. The minimum atomic E-state index is -4.55. The summed E-state index contributed by atoms with van der Waals surface area (Å²) in [5.41, 5.74) is 0.666. The first-order chi connectivity index (χ1) is 11.3. The summed E-state index contributed by atoms with van der Waals surface area (Å²) in [4.78, 5) is 26.9. The molecule has 0 bridgehead atoms. The average molecular weight is 340 g/mol. The van der Waals surface area contributed by atoms with E-state index in [0.29, 0.717) is 10.5 Å². The molecule has 24 heavy (non-hydrogen) atoms. The zero-order chi connectivity index (χ0) is 17.6. The van der Waals surface area contributed by atoms with Gasteiger partial charge < -0.3 is 14.6 Å². The van der Waals surface area contributed by atoms with Crippen molar-refractivity contribution in [2.24, 2.45) is 0 Å². The molecule has 0 unspecified atom stereocenters. The Hall–Kier alpha value is -2.77. The fraction of sp³-hybridized carbons (Fsp3) is 0.250. The molecule has 1 aromatic heterocycles. The van der Waals surface area contributed by atoms with E-state index in [1.165, 1.54) is 12.3 Å². The molecule has 0 saturated heterocycles. The predicted octanol–water partition coefficient (Wildman–Crippen LogP) is 2.76. The lowest BCUT2D eigenvalue weighted by Gasteiger charge is -2.24. The Kier molecular flexibility index (Phi) is 5.62. The van der Waals surface area contributed by atoms with Gasteiger partial charge in [0, 0.05) is 12.7 Å². The van der Waals surface area contributed by atoms with Crippen molar-refractivity contribution >= 4 is 11.9 Å². The van der Waals surface area contributed by atoms with E-state index in [1.807, 2.05) is 0 Å². The number of amides is 1. The minimum absolute atomic E-state index is 0.119. The standard InChI is InChI=1S/C16H15F3N2O3/c17-16(18,19)11-21(9-12-5-2-1-3-6-12)14(22)10-24-15(23)13-7-4-8-20-13/h1-8,20H,9-11H2. The van der Waals surface area contributed by atoms with Crippen molar-refractivity contribution in [3.63, 3.8) is 0 Å². The highest BCUT2D eigenvalue weighted by Gasteiger charge is 2.33. The summed E-state index contributed by atoms with van der Waals surface area (Å²) in [5, 5.41) is 0. The summed E-state index contributed by atoms with van der Waals surface area (Å²) < 4.78 is 42.8. The van der Waals surface area contributed by atoms with Crippen LogP contribution in [-0.4, -0.2) is 41.1 Å². The number of carbonyl (C=O) groups excluding carboxylic acids is 2. The van der Waals surface area contributed by atoms with Crippen LogP contribution < -0.4 is 0 Å². The highest BCUT2D eigenvalue weighted by Crippen LogP contribution is 2.18. The Morgan fingerprint density at radius 2 is 1.79 bits per heavy atom. The van der Waals surface area contributed by atoms with Crippen LogP contribution in [0.3, 0.4) is 0 Å². The number of nitrogens with zero attached hydrogens (tertiary/aromatic N) is 1. The van der Waals surface area contributed by atoms with Crippen molar-refractivity contribution in [2.45, 2.75) is 12.7 Å². The molecule has 0 atom stereocenters. The Balaban J connectivity index is 1.99. The Bertz CT molecular complexity index is 670. The number of nitrogens with one attached hydrogen (secondary N) is 1. The number of halogens is 3. The topological polar surface area (TPSA) is 62.4 Å². The normalized spacial score (nSPS) is 11.1. The molecule has 0 fully saturated rings. The number of hydrogen-bond acceptors (Lipinski definition) is 3. The van der Waals surface area contributed by atoms with Crippen LogP contribution in [0.15, 0.2) is 48.7 Å². The molecular weight excluding hydrogens is 325 g/mol. The van der Waals surface area contributed by atoms with Crippen LogP contribution in [0.1, 0.15) is 16.1 Å². The highest BCUT2D eigenvalue weighted by atomic mass is 19.4. The highest BCUT2D eigenvalue weighted by molar-refractivity contribution is 5.89. The van der Waals surface area contributed by atoms with Gasteiger partial charge in [-0.1, -0.05) is 30.3 Å². The van der Waals surface area contributed by atoms with Gasteiger partial charge in [0.2, 0.25) is 0 Å². The molecular formula is C16H15F3N2O3. The number of aromatic amines is 1. The van der Waals surface area contributed by atoms with Crippen LogP contribution in [0.2, 0.25) is 0 Å². The van der Waals surface area contributed by atoms with E-state index in [9.17, 15) is 22.8 Å². The van der Waals surface area contributed by atoms with Crippen molar-refractivity contribution < 1.29 is 27.5 Å². The smallest absolute Gasteiger partial charge is 0.406 e. The number of ether oxygens (including phenoxy) is 1. The van der Waals surface area contributed by atoms with E-state index in [1.54, 1.807) is 36.4 Å². The third-order valence-electron chi connectivity index (χ3n) is 3.08. The Morgan fingerprint density at radius 1 is 1.08 bits per heavy atom. The zero-order valence-corrected chi connectivity index (χ0v) is 12.5. The number of benzene rings is 1. The molecule has 1 N–H and O–H groups in total. The third kappa shape index (κ3) is 5.45. The van der Waals surface area contributed by atoms with E-state index < -0.39 is 31.2 Å². The fourth-order valence-corrected chi connectivity index (χ4v) is 2.01. The van der Waals surface area contributed by atoms with E-state index in [2.05, 4.69) is 4.98 Å². The van der Waals surface area contributed by atoms with E-state index in [4.69, 9.17) is 4.74 Å². The van der Waals surface area contributed by atoms with Crippen LogP contribution in [0.25, 0.3) is 0 Å². The maximum Gasteiger partial charge on any atom is 0.406 e. The molecule has 0 saturated carbocycles. The summed E-state index contributed by atoms with van der Waals surface area (Å²) in [5.74, 6) is -1.73. The van der Waals surface area contributed by atoms with Gasteiger partial charge in [-0.15, -0.1) is 0 Å². The molecule has 128 valence electrons. The van der Waals surface area contributed by atoms with Crippen LogP contribution in [0.5, 0.6) is 0 Å². The van der Waals surface area contributed by atoms with Gasteiger partial charge in [0.15, 0.2) is 6.61 Å². The summed E-state index contributed by atoms with van der Waals surface area (Å²) in [6.45, 7) is -2.40. The molecule has 0 aliphatic heterocycles. The number of aromatic nitrogens is 1. The van der Waals surface area contributed by atoms with Gasteiger partial charge in [0.1, 0.15) is 12.2 Å². The lowest BCUT2D eigenvalue weighted by molar-refractivity contribution is -0.164. The summed E-state index contributed by atoms with van der Waals surface area (Å²) >= 11 is 0. The number of H-pyrrole nitrogens is 1. The van der Waals surface area contributed by atoms with Crippen molar-refractivity contribution in [2.75, 3.05) is 13.2 Å². The van der Waals surface area contributed by atoms with Crippen molar-refractivity contribution in [3.05, 3.63) is 59.9 Å². The van der Waals surface area contributed by atoms with Gasteiger partial charge in [-0.2, -0.15) is 13.2 Å². The maximum atomic E-state index is 12.7. The zero-order valence-electron chi connectivity index (χ0n) is 12.5. The molecule has 5 nitrogen and oxygen atoms in total. The van der Waals surface area contributed by atoms with Crippen LogP contribution in [-0.2, 0) is 16.1 Å². The van der Waals surface area contributed by atoms with Crippen LogP contribution in [0, 0.1) is 0 Å². The van der Waals surface area contributed by atoms with Crippen molar-refractivity contribution in [3.8, 4) is 0 Å². The molecule has 0 aliphatic rings. The number of esters is 1. The molecule has 0 radical (unpaired) electrons. The SMILES string of the molecule is O=C(OCC(=O)N(Cc1ccccc1)CC(F)(F)F)c1ccc[nH]1. The predicted molar refractivity (Wildman–Crippen MR) is 79.0 cm³/mol. The van der Waals surface area contributed by atoms with Gasteiger partial charge in [-0.3, -0.25) is 4.79 Å². The van der Waals surface area contributed by atoms with Gasteiger partial charge in [-0.05, 0) is 17.7 Å². The minimum Gasteiger partial charge on any atom is -0.451 e. The number of rotatable bonds is 6. The molecule has 2 aromatic rings. The second-order valence-electron chi connectivity index (χ2n) is 5.01. The molecule has 0 aliphatic carbocycles. The number of hydrogen-bond donors (Lipinski definition) is 1. The monoisotopic (exact) mass is 340 g/mol. The quantitative estimate of drug-likeness (QED) is 0.823. The molecule has 1 amide bonds. The van der Waals surface area contributed by atoms with Crippen LogP contribution in [0.4, 0.5) is 13.2 Å². The second-order valence-corrected chi connectivity index (χ2v) is 5.01. The largest absolute Gasteiger partial charge is 0.451 e. The molecule has 1 heterocycles. The summed E-state index contributed by atoms with van der Waals surface area (Å²) in [6.07, 6.45) is -3.06. The summed E-state index contributed by atoms with van der Waals surface area (Å²) in [6, 6.07) is 11.3. The first-order valence-electron chi connectivity index (χ1n) is 7.04. The van der Waals surface area contributed by atoms with Gasteiger partial charge >= 0.3 is 12.1 Å². The van der Waals surface area contributed by atoms with Gasteiger partial charge in [0.05, 0.1) is 0 Å². The molecule has 8 heteroatoms. The van der Waals surface area contributed by atoms with Crippen molar-refractivity contribution in [1.29, 1.82) is 0 Å². The maximum absolute atomic E-state index is 12.7. The lowest BCUT2D eigenvalue weighted by atomic mass is 10.2. The van der Waals surface area contributed by atoms with Gasteiger partial charge in [-0.25, -0.2) is 4.79 Å². The van der Waals surface area contributed by atoms with Crippen molar-refractivity contribution in [1.82, 2.24) is 9.88 Å². The number of alkyl halides is 3.